The van der Waals surface area contributed by atoms with Crippen LogP contribution in [0.15, 0.2) is 0 Å². The Bertz CT molecular complexity index is 1260. The quantitative estimate of drug-likeness (QED) is 0.142. The van der Waals surface area contributed by atoms with E-state index in [9.17, 15) is 30.3 Å². The van der Waals surface area contributed by atoms with Crippen molar-refractivity contribution in [2.45, 2.75) is 206 Å². The van der Waals surface area contributed by atoms with E-state index in [4.69, 9.17) is 33.2 Å². The molecule has 15 heteroatoms. The van der Waals surface area contributed by atoms with Crippen molar-refractivity contribution in [2.24, 2.45) is 23.2 Å². The summed E-state index contributed by atoms with van der Waals surface area (Å²) in [5.74, 6) is -2.05. The molecule has 3 aliphatic rings. The Balaban J connectivity index is 2.14. The number of hydrogen-bond acceptors (Lipinski definition) is 15. The number of rotatable bonds is 12. The van der Waals surface area contributed by atoms with Gasteiger partial charge in [0.05, 0.1) is 35.9 Å². The van der Waals surface area contributed by atoms with Crippen LogP contribution in [0.4, 0.5) is 0 Å². The lowest BCUT2D eigenvalue weighted by Crippen LogP contribution is -2.59. The van der Waals surface area contributed by atoms with Gasteiger partial charge in [0.25, 0.3) is 0 Å². The average molecular weight is 835 g/mol. The molecule has 3 fully saturated rings. The van der Waals surface area contributed by atoms with Crippen LogP contribution in [0, 0.1) is 23.2 Å². The molecule has 3 heterocycles. The van der Waals surface area contributed by atoms with Gasteiger partial charge in [-0.15, -0.1) is 0 Å². The Hall–Kier alpha value is -1.05. The number of esters is 1. The largest absolute Gasteiger partial charge is 0.459 e. The maximum absolute atomic E-state index is 14.4. The lowest BCUT2D eigenvalue weighted by atomic mass is 9.71. The number of carbonyl (C=O) groups excluding carboxylic acids is 1. The number of aliphatic hydroxyl groups excluding tert-OH is 4. The predicted molar refractivity (Wildman–Crippen MR) is 219 cm³/mol. The van der Waals surface area contributed by atoms with E-state index in [2.05, 4.69) is 20.8 Å². The molecule has 0 bridgehead atoms. The normalized spacial score (nSPS) is 44.6. The van der Waals surface area contributed by atoms with Gasteiger partial charge in [-0.1, -0.05) is 34.6 Å². The number of hydrogen-bond donors (Lipinski definition) is 5. The molecule has 0 aliphatic carbocycles. The molecule has 58 heavy (non-hydrogen) atoms. The molecule has 0 saturated carbocycles. The third kappa shape index (κ3) is 12.3. The average Bonchev–Trinajstić information content (AvgIpc) is 3.15. The number of methoxy groups -OCH3 is 1. The number of nitrogens with zero attached hydrogens (tertiary/aromatic N) is 2. The maximum atomic E-state index is 14.4. The van der Waals surface area contributed by atoms with Crippen LogP contribution in [0.1, 0.15) is 115 Å². The third-order valence-electron chi connectivity index (χ3n) is 13.5. The minimum Gasteiger partial charge on any atom is -0.459 e. The molecule has 0 aromatic rings. The van der Waals surface area contributed by atoms with Crippen molar-refractivity contribution >= 4 is 5.97 Å². The van der Waals surface area contributed by atoms with Crippen LogP contribution in [0.3, 0.4) is 0 Å². The highest BCUT2D eigenvalue weighted by molar-refractivity contribution is 5.73. The Morgan fingerprint density at radius 2 is 1.60 bits per heavy atom. The summed E-state index contributed by atoms with van der Waals surface area (Å²) in [4.78, 5) is 18.4. The summed E-state index contributed by atoms with van der Waals surface area (Å²) in [5, 5.41) is 56.7. The van der Waals surface area contributed by atoms with E-state index < -0.39 is 102 Å². The van der Waals surface area contributed by atoms with E-state index in [0.29, 0.717) is 39.0 Å². The van der Waals surface area contributed by atoms with Gasteiger partial charge >= 0.3 is 5.97 Å². The fourth-order valence-electron chi connectivity index (χ4n) is 9.79. The van der Waals surface area contributed by atoms with Crippen LogP contribution in [-0.4, -0.2) is 173 Å². The van der Waals surface area contributed by atoms with E-state index in [1.165, 1.54) is 14.0 Å². The molecular formula is C43H82N2O13. The summed E-state index contributed by atoms with van der Waals surface area (Å²) in [6, 6.07) is -0.830. The molecule has 0 radical (unpaired) electrons. The molecule has 0 aromatic carbocycles. The zero-order chi connectivity index (χ0) is 44.1. The van der Waals surface area contributed by atoms with E-state index in [1.807, 2.05) is 51.6 Å². The van der Waals surface area contributed by atoms with Crippen molar-refractivity contribution in [1.82, 2.24) is 9.80 Å². The van der Waals surface area contributed by atoms with Gasteiger partial charge in [-0.05, 0) is 93.2 Å². The van der Waals surface area contributed by atoms with Crippen LogP contribution < -0.4 is 0 Å². The second-order valence-corrected chi connectivity index (χ2v) is 19.0. The third-order valence-corrected chi connectivity index (χ3v) is 13.5. The highest BCUT2D eigenvalue weighted by Gasteiger charge is 2.52. The van der Waals surface area contributed by atoms with Crippen molar-refractivity contribution in [3.05, 3.63) is 0 Å². The second kappa shape index (κ2) is 21.4. The molecule has 18 atom stereocenters. The topological polar surface area (TPSA) is 189 Å². The summed E-state index contributed by atoms with van der Waals surface area (Å²) >= 11 is 0. The van der Waals surface area contributed by atoms with Crippen LogP contribution in [-0.2, 0) is 38.0 Å². The highest BCUT2D eigenvalue weighted by atomic mass is 16.7. The van der Waals surface area contributed by atoms with E-state index in [0.717, 1.165) is 0 Å². The van der Waals surface area contributed by atoms with Crippen molar-refractivity contribution in [2.75, 3.05) is 40.9 Å². The van der Waals surface area contributed by atoms with Crippen LogP contribution >= 0.6 is 0 Å². The first-order valence-electron chi connectivity index (χ1n) is 21.7. The van der Waals surface area contributed by atoms with Crippen LogP contribution in [0.2, 0.25) is 0 Å². The van der Waals surface area contributed by atoms with Crippen molar-refractivity contribution in [3.8, 4) is 0 Å². The molecule has 0 spiro atoms. The fourth-order valence-corrected chi connectivity index (χ4v) is 9.79. The number of carbonyl (C=O) groups is 1. The minimum atomic E-state index is -1.78. The number of aliphatic hydroxyl groups is 5. The molecule has 3 aliphatic heterocycles. The standard InChI is InChI=1S/C43H82N2O13/c1-16-31-43(12,51)36(48)28(7)45(14)23-24(3)21-41(9,10)38(58-40-34(47)30(20-25(4)54-40)44(13)19-18-32(46)53-17-2)26(5)35(27(6)39(50)56-31)57-33-22-42(11,52-15)37(49)29(8)55-33/h24-38,40,46-49,51H,16-23H2,1-15H3/t24-,25-,26+,27-,28-,29+,30+,31-,32?,33+,34-,35+,36-,37+,38-,40+,42-,43-/m1/s1. The Morgan fingerprint density at radius 3 is 2.19 bits per heavy atom. The van der Waals surface area contributed by atoms with Crippen molar-refractivity contribution in [3.63, 3.8) is 0 Å². The maximum Gasteiger partial charge on any atom is 0.311 e. The number of likely N-dealkylation sites (N-methyl/N-ethyl adjacent to an activating group) is 2. The first-order valence-corrected chi connectivity index (χ1v) is 21.7. The monoisotopic (exact) mass is 835 g/mol. The van der Waals surface area contributed by atoms with Gasteiger partial charge in [0.15, 0.2) is 18.9 Å². The molecule has 15 nitrogen and oxygen atoms in total. The predicted octanol–water partition coefficient (Wildman–Crippen LogP) is 3.29. The molecule has 5 N–H and O–H groups in total. The fraction of sp³-hybridized carbons (Fsp3) is 0.977. The summed E-state index contributed by atoms with van der Waals surface area (Å²) < 4.78 is 43.8. The lowest BCUT2D eigenvalue weighted by Gasteiger charge is -2.49. The smallest absolute Gasteiger partial charge is 0.311 e. The summed E-state index contributed by atoms with van der Waals surface area (Å²) in [6.07, 6.45) is -7.66. The van der Waals surface area contributed by atoms with Crippen LogP contribution in [0.25, 0.3) is 0 Å². The van der Waals surface area contributed by atoms with E-state index in [-0.39, 0.29) is 30.9 Å². The lowest BCUT2D eigenvalue weighted by molar-refractivity contribution is -0.313. The molecular weight excluding hydrogens is 752 g/mol. The molecule has 3 saturated heterocycles. The number of ether oxygens (including phenoxy) is 7. The summed E-state index contributed by atoms with van der Waals surface area (Å²) in [7, 11) is 5.35. The SMILES string of the molecule is CCOC(O)CCN(C)[C@H]1C[C@@H](C)O[C@@H](O[C@@H]2[C@@H](C)[C@H](O[C@H]3C[C@@](C)(OC)[C@@H](O)[C@H](C)O3)[C@@H](C)C(=O)O[C@H](CC)[C@@](C)(O)[C@H](O)[C@@H](C)N(C)C[C@H](C)CC2(C)C)[C@@H]1O. The van der Waals surface area contributed by atoms with Crippen molar-refractivity contribution < 1.29 is 63.5 Å². The van der Waals surface area contributed by atoms with Crippen LogP contribution in [0.5, 0.6) is 0 Å². The molecule has 342 valence electrons. The van der Waals surface area contributed by atoms with Gasteiger partial charge in [-0.25, -0.2) is 0 Å². The molecule has 0 aromatic heterocycles. The molecule has 1 unspecified atom stereocenters. The van der Waals surface area contributed by atoms with Gasteiger partial charge < -0.3 is 68.5 Å². The summed E-state index contributed by atoms with van der Waals surface area (Å²) in [6.45, 7) is 24.0. The second-order valence-electron chi connectivity index (χ2n) is 19.0. The zero-order valence-electron chi connectivity index (χ0n) is 38.3. The zero-order valence-corrected chi connectivity index (χ0v) is 38.3. The first kappa shape index (κ1) is 51.3. The van der Waals surface area contributed by atoms with Gasteiger partial charge in [0.1, 0.15) is 30.0 Å². The van der Waals surface area contributed by atoms with Crippen molar-refractivity contribution in [1.29, 1.82) is 0 Å². The summed E-state index contributed by atoms with van der Waals surface area (Å²) in [5.41, 5.74) is -3.39. The van der Waals surface area contributed by atoms with E-state index in [1.54, 1.807) is 27.7 Å². The number of cyclic esters (lactones) is 1. The minimum absolute atomic E-state index is 0.0675. The Kier molecular flexibility index (Phi) is 18.9. The molecule has 3 rings (SSSR count). The Morgan fingerprint density at radius 1 is 0.966 bits per heavy atom. The van der Waals surface area contributed by atoms with E-state index >= 15 is 0 Å². The van der Waals surface area contributed by atoms with Gasteiger partial charge in [-0.3, -0.25) is 4.79 Å². The van der Waals surface area contributed by atoms with Gasteiger partial charge in [0.2, 0.25) is 0 Å². The molecule has 0 amide bonds. The van der Waals surface area contributed by atoms with Gasteiger partial charge in [0, 0.05) is 57.6 Å². The Labute approximate surface area is 348 Å². The first-order chi connectivity index (χ1) is 26.8. The highest BCUT2D eigenvalue weighted by Crippen LogP contribution is 2.43. The van der Waals surface area contributed by atoms with Gasteiger partial charge in [-0.2, -0.15) is 0 Å².